The Bertz CT molecular complexity index is 1130. The van der Waals surface area contributed by atoms with Gasteiger partial charge in [0.15, 0.2) is 0 Å². The van der Waals surface area contributed by atoms with E-state index in [1.807, 2.05) is 0 Å². The third-order valence-corrected chi connectivity index (χ3v) is 6.59. The summed E-state index contributed by atoms with van der Waals surface area (Å²) in [6.07, 6.45) is -1.51. The van der Waals surface area contributed by atoms with E-state index in [1.165, 1.54) is 27.2 Å². The van der Waals surface area contributed by atoms with Gasteiger partial charge in [-0.25, -0.2) is 9.36 Å². The number of methoxy groups -OCH3 is 1. The lowest BCUT2D eigenvalue weighted by molar-refractivity contribution is -0.142. The van der Waals surface area contributed by atoms with Crippen LogP contribution in [-0.2, 0) is 23.4 Å². The van der Waals surface area contributed by atoms with Crippen LogP contribution >= 0.6 is 7.75 Å². The molecule has 3 N–H and O–H groups in total. The number of aromatic nitrogens is 2. The quantitative estimate of drug-likeness (QED) is 0.345. The van der Waals surface area contributed by atoms with Gasteiger partial charge in [0, 0.05) is 18.2 Å². The van der Waals surface area contributed by atoms with Gasteiger partial charge in [-0.3, -0.25) is 23.7 Å². The van der Waals surface area contributed by atoms with Crippen molar-refractivity contribution in [1.29, 1.82) is 0 Å². The summed E-state index contributed by atoms with van der Waals surface area (Å²) in [6, 6.07) is 7.18. The maximum Gasteiger partial charge on any atom is 0.459 e. The van der Waals surface area contributed by atoms with E-state index in [4.69, 9.17) is 13.8 Å². The SMILES string of the molecule is COC(=O)C(C)NP(=O)(OCC1OC(n2cc(C)c(=O)[nH]c2=O)CC1O)Oc1ccccc1. The number of carbonyl (C=O) groups is 1. The van der Waals surface area contributed by atoms with Crippen LogP contribution in [-0.4, -0.2) is 52.6 Å². The topological polar surface area (TPSA) is 158 Å². The molecule has 3 rings (SSSR count). The molecule has 0 amide bonds. The summed E-state index contributed by atoms with van der Waals surface area (Å²) < 4.78 is 35.9. The molecular weight excluding hydrogens is 457 g/mol. The standard InChI is InChI=1S/C20H26N3O9P/c1-12-10-23(20(27)21-18(12)25)17-9-15(24)16(31-17)11-30-33(28,22-13(2)19(26)29-3)32-14-7-5-4-6-8-14/h4-8,10,13,15-17,24H,9,11H2,1-3H3,(H,22,28)(H,21,25,27). The number of benzene rings is 1. The normalized spacial score (nSPS) is 23.0. The summed E-state index contributed by atoms with van der Waals surface area (Å²) in [7, 11) is -2.93. The van der Waals surface area contributed by atoms with Gasteiger partial charge in [-0.1, -0.05) is 18.2 Å². The van der Waals surface area contributed by atoms with Crippen LogP contribution in [0.4, 0.5) is 0 Å². The number of carbonyl (C=O) groups excluding carboxylic acids is 1. The average Bonchev–Trinajstić information content (AvgIpc) is 3.15. The first kappa shape index (κ1) is 24.9. The van der Waals surface area contributed by atoms with Crippen molar-refractivity contribution in [3.05, 3.63) is 62.9 Å². The van der Waals surface area contributed by atoms with Crippen LogP contribution in [0.5, 0.6) is 5.75 Å². The molecule has 0 radical (unpaired) electrons. The van der Waals surface area contributed by atoms with Crippen LogP contribution < -0.4 is 20.9 Å². The second-order valence-electron chi connectivity index (χ2n) is 7.48. The van der Waals surface area contributed by atoms with Crippen LogP contribution in [0.1, 0.15) is 25.1 Å². The number of nitrogens with zero attached hydrogens (tertiary/aromatic N) is 1. The van der Waals surface area contributed by atoms with Crippen LogP contribution in [0.3, 0.4) is 0 Å². The van der Waals surface area contributed by atoms with E-state index < -0.39 is 49.4 Å². The van der Waals surface area contributed by atoms with Crippen LogP contribution in [0, 0.1) is 6.92 Å². The highest BCUT2D eigenvalue weighted by atomic mass is 31.2. The van der Waals surface area contributed by atoms with E-state index in [9.17, 15) is 24.1 Å². The summed E-state index contributed by atoms with van der Waals surface area (Å²) in [4.78, 5) is 37.7. The average molecular weight is 483 g/mol. The number of hydrogen-bond donors (Lipinski definition) is 3. The molecule has 33 heavy (non-hydrogen) atoms. The van der Waals surface area contributed by atoms with E-state index in [0.29, 0.717) is 5.56 Å². The molecule has 1 aliphatic rings. The number of esters is 1. The Hall–Kier alpha value is -2.76. The van der Waals surface area contributed by atoms with Crippen molar-refractivity contribution in [1.82, 2.24) is 14.6 Å². The van der Waals surface area contributed by atoms with Crippen molar-refractivity contribution in [2.24, 2.45) is 0 Å². The Morgan fingerprint density at radius 3 is 2.73 bits per heavy atom. The first-order chi connectivity index (χ1) is 15.6. The molecule has 1 fully saturated rings. The molecule has 0 bridgehead atoms. The number of aliphatic hydroxyl groups is 1. The first-order valence-electron chi connectivity index (χ1n) is 10.1. The highest BCUT2D eigenvalue weighted by molar-refractivity contribution is 7.52. The molecule has 1 aliphatic heterocycles. The molecule has 1 saturated heterocycles. The molecule has 0 aliphatic carbocycles. The smallest absolute Gasteiger partial charge is 0.459 e. The van der Waals surface area contributed by atoms with Gasteiger partial charge in [-0.05, 0) is 26.0 Å². The van der Waals surface area contributed by atoms with Crippen LogP contribution in [0.25, 0.3) is 0 Å². The third-order valence-electron chi connectivity index (χ3n) is 4.94. The number of ether oxygens (including phenoxy) is 2. The number of nitrogens with one attached hydrogen (secondary N) is 2. The van der Waals surface area contributed by atoms with Gasteiger partial charge in [-0.2, -0.15) is 5.09 Å². The fraction of sp³-hybridized carbons (Fsp3) is 0.450. The number of rotatable bonds is 9. The molecule has 1 aromatic carbocycles. The van der Waals surface area contributed by atoms with Gasteiger partial charge in [0.2, 0.25) is 0 Å². The Balaban J connectivity index is 1.73. The fourth-order valence-corrected chi connectivity index (χ4v) is 4.69. The Morgan fingerprint density at radius 2 is 2.06 bits per heavy atom. The Kier molecular flexibility index (Phi) is 7.88. The lowest BCUT2D eigenvalue weighted by Crippen LogP contribution is -2.36. The maximum absolute atomic E-state index is 13.4. The number of para-hydroxylation sites is 1. The molecule has 12 nitrogen and oxygen atoms in total. The maximum atomic E-state index is 13.4. The van der Waals surface area contributed by atoms with E-state index in [-0.39, 0.29) is 18.8 Å². The predicted molar refractivity (Wildman–Crippen MR) is 116 cm³/mol. The minimum absolute atomic E-state index is 0.0370. The molecular formula is C20H26N3O9P. The summed E-state index contributed by atoms with van der Waals surface area (Å²) in [6.45, 7) is 2.59. The van der Waals surface area contributed by atoms with E-state index in [2.05, 4.69) is 14.8 Å². The Morgan fingerprint density at radius 1 is 1.36 bits per heavy atom. The molecule has 0 saturated carbocycles. The highest BCUT2D eigenvalue weighted by Crippen LogP contribution is 2.45. The molecule has 13 heteroatoms. The molecule has 2 aromatic rings. The largest absolute Gasteiger partial charge is 0.468 e. The van der Waals surface area contributed by atoms with Crippen molar-refractivity contribution in [2.45, 2.75) is 44.7 Å². The number of aromatic amines is 1. The number of hydrogen-bond acceptors (Lipinski definition) is 9. The van der Waals surface area contributed by atoms with Gasteiger partial charge in [-0.15, -0.1) is 0 Å². The van der Waals surface area contributed by atoms with Gasteiger partial charge in [0.1, 0.15) is 24.1 Å². The van der Waals surface area contributed by atoms with Crippen molar-refractivity contribution >= 4 is 13.7 Å². The van der Waals surface area contributed by atoms with Crippen molar-refractivity contribution in [3.8, 4) is 5.75 Å². The summed E-state index contributed by atoms with van der Waals surface area (Å²) >= 11 is 0. The van der Waals surface area contributed by atoms with Crippen LogP contribution in [0.2, 0.25) is 0 Å². The molecule has 2 heterocycles. The van der Waals surface area contributed by atoms with E-state index in [0.717, 1.165) is 4.57 Å². The number of H-pyrrole nitrogens is 1. The summed E-state index contributed by atoms with van der Waals surface area (Å²) in [5, 5.41) is 12.9. The Labute approximate surface area is 189 Å². The van der Waals surface area contributed by atoms with Gasteiger partial charge in [0.25, 0.3) is 5.56 Å². The molecule has 1 aromatic heterocycles. The van der Waals surface area contributed by atoms with E-state index in [1.54, 1.807) is 30.3 Å². The van der Waals surface area contributed by atoms with Crippen LogP contribution in [0.15, 0.2) is 46.1 Å². The minimum Gasteiger partial charge on any atom is -0.468 e. The number of aliphatic hydroxyl groups excluding tert-OH is 1. The second kappa shape index (κ2) is 10.4. The third kappa shape index (κ3) is 6.18. The van der Waals surface area contributed by atoms with Gasteiger partial charge < -0.3 is 19.1 Å². The minimum atomic E-state index is -4.12. The van der Waals surface area contributed by atoms with Crippen molar-refractivity contribution in [3.63, 3.8) is 0 Å². The monoisotopic (exact) mass is 483 g/mol. The summed E-state index contributed by atoms with van der Waals surface area (Å²) in [5.74, 6) is -0.452. The van der Waals surface area contributed by atoms with Gasteiger partial charge >= 0.3 is 19.4 Å². The number of aryl methyl sites for hydroxylation is 1. The zero-order valence-electron chi connectivity index (χ0n) is 18.3. The lowest BCUT2D eigenvalue weighted by Gasteiger charge is -2.24. The summed E-state index contributed by atoms with van der Waals surface area (Å²) in [5.41, 5.74) is -0.898. The molecule has 180 valence electrons. The fourth-order valence-electron chi connectivity index (χ4n) is 3.18. The lowest BCUT2D eigenvalue weighted by atomic mass is 10.2. The molecule has 0 spiro atoms. The molecule has 5 unspecified atom stereocenters. The van der Waals surface area contributed by atoms with E-state index >= 15 is 0 Å². The first-order valence-corrected chi connectivity index (χ1v) is 11.7. The molecule has 5 atom stereocenters. The van der Waals surface area contributed by atoms with Crippen molar-refractivity contribution < 1.29 is 33.0 Å². The zero-order valence-corrected chi connectivity index (χ0v) is 19.2. The highest BCUT2D eigenvalue weighted by Gasteiger charge is 2.39. The van der Waals surface area contributed by atoms with Gasteiger partial charge in [0.05, 0.1) is 19.8 Å². The zero-order chi connectivity index (χ0) is 24.2. The second-order valence-corrected chi connectivity index (χ2v) is 9.18. The predicted octanol–water partition coefficient (Wildman–Crippen LogP) is 0.848. The van der Waals surface area contributed by atoms with Crippen molar-refractivity contribution in [2.75, 3.05) is 13.7 Å².